The molecule has 0 saturated carbocycles. The smallest absolute Gasteiger partial charge is 0.256 e. The molecule has 176 valence electrons. The number of aryl methyl sites for hydroxylation is 1. The number of carbonyl (C=O) groups is 2. The van der Waals surface area contributed by atoms with Gasteiger partial charge in [0.15, 0.2) is 0 Å². The molecule has 0 aliphatic carbocycles. The number of benzene rings is 4. The summed E-state index contributed by atoms with van der Waals surface area (Å²) in [5.74, 6) is -0.545. The lowest BCUT2D eigenvalue weighted by molar-refractivity contribution is 0.101. The van der Waals surface area contributed by atoms with Gasteiger partial charge >= 0.3 is 0 Å². The lowest BCUT2D eigenvalue weighted by atomic mass is 10.0. The van der Waals surface area contributed by atoms with Crippen molar-refractivity contribution >= 4 is 45.7 Å². The van der Waals surface area contributed by atoms with Crippen LogP contribution in [0.5, 0.6) is 0 Å². The van der Waals surface area contributed by atoms with Crippen molar-refractivity contribution in [1.29, 1.82) is 0 Å². The van der Waals surface area contributed by atoms with Gasteiger partial charge in [-0.2, -0.15) is 0 Å². The van der Waals surface area contributed by atoms with Gasteiger partial charge in [-0.05, 0) is 61.0 Å². The number of anilines is 2. The van der Waals surface area contributed by atoms with Crippen molar-refractivity contribution in [2.45, 2.75) is 6.92 Å². The Balaban J connectivity index is 1.47. The Morgan fingerprint density at radius 1 is 0.722 bits per heavy atom. The van der Waals surface area contributed by atoms with Gasteiger partial charge in [0.25, 0.3) is 11.8 Å². The highest BCUT2D eigenvalue weighted by Gasteiger charge is 2.16. The van der Waals surface area contributed by atoms with Crippen LogP contribution in [0.2, 0.25) is 5.02 Å². The predicted molar refractivity (Wildman–Crippen MR) is 146 cm³/mol. The number of nitrogens with one attached hydrogen (secondary N) is 2. The molecule has 5 nitrogen and oxygen atoms in total. The fourth-order valence-corrected chi connectivity index (χ4v) is 4.14. The quantitative estimate of drug-likeness (QED) is 0.269. The minimum absolute atomic E-state index is 0.257. The first-order valence-corrected chi connectivity index (χ1v) is 11.8. The molecule has 4 aromatic carbocycles. The number of fused-ring (bicyclic) bond motifs is 1. The summed E-state index contributed by atoms with van der Waals surface area (Å²) in [7, 11) is 0. The maximum Gasteiger partial charge on any atom is 0.256 e. The second-order valence-electron chi connectivity index (χ2n) is 8.39. The zero-order chi connectivity index (χ0) is 25.1. The molecule has 0 aliphatic rings. The number of hydrogen-bond acceptors (Lipinski definition) is 3. The molecule has 5 rings (SSSR count). The van der Waals surface area contributed by atoms with E-state index in [1.165, 1.54) is 0 Å². The monoisotopic (exact) mass is 491 g/mol. The van der Waals surface area contributed by atoms with Gasteiger partial charge in [0.2, 0.25) is 0 Å². The van der Waals surface area contributed by atoms with Gasteiger partial charge in [-0.15, -0.1) is 0 Å². The van der Waals surface area contributed by atoms with E-state index in [0.717, 1.165) is 22.0 Å². The Kier molecular flexibility index (Phi) is 6.48. The zero-order valence-electron chi connectivity index (χ0n) is 19.5. The van der Waals surface area contributed by atoms with Crippen LogP contribution in [0.3, 0.4) is 0 Å². The van der Waals surface area contributed by atoms with E-state index in [4.69, 9.17) is 16.6 Å². The number of nitrogens with zero attached hydrogens (tertiary/aromatic N) is 1. The predicted octanol–water partition coefficient (Wildman–Crippen LogP) is 7.37. The molecule has 0 fully saturated rings. The molecule has 0 bridgehead atoms. The van der Waals surface area contributed by atoms with Crippen LogP contribution in [0.15, 0.2) is 103 Å². The third-order valence-corrected chi connectivity index (χ3v) is 6.09. The van der Waals surface area contributed by atoms with Gasteiger partial charge in [-0.25, -0.2) is 4.98 Å². The Bertz CT molecular complexity index is 1580. The summed E-state index contributed by atoms with van der Waals surface area (Å²) in [6.45, 7) is 1.97. The highest BCUT2D eigenvalue weighted by Crippen LogP contribution is 2.28. The molecule has 1 aromatic heterocycles. The Morgan fingerprint density at radius 3 is 2.19 bits per heavy atom. The summed E-state index contributed by atoms with van der Waals surface area (Å²) in [4.78, 5) is 31.0. The fourth-order valence-electron chi connectivity index (χ4n) is 4.01. The highest BCUT2D eigenvalue weighted by molar-refractivity contribution is 6.30. The van der Waals surface area contributed by atoms with E-state index < -0.39 is 0 Å². The summed E-state index contributed by atoms with van der Waals surface area (Å²) in [6, 6.07) is 31.0. The first-order chi connectivity index (χ1) is 17.5. The number of para-hydroxylation sites is 2. The molecule has 0 radical (unpaired) electrons. The van der Waals surface area contributed by atoms with Crippen LogP contribution in [0.4, 0.5) is 11.4 Å². The van der Waals surface area contributed by atoms with Crippen LogP contribution in [0.1, 0.15) is 26.3 Å². The fraction of sp³-hybridized carbons (Fsp3) is 0.0333. The number of amides is 2. The van der Waals surface area contributed by atoms with Crippen molar-refractivity contribution in [2.75, 3.05) is 10.6 Å². The Labute approximate surface area is 213 Å². The average molecular weight is 492 g/mol. The first kappa shape index (κ1) is 23.3. The van der Waals surface area contributed by atoms with Crippen LogP contribution in [0, 0.1) is 6.92 Å². The van der Waals surface area contributed by atoms with Crippen molar-refractivity contribution in [1.82, 2.24) is 4.98 Å². The lowest BCUT2D eigenvalue weighted by Gasteiger charge is -2.13. The molecule has 5 aromatic rings. The number of rotatable bonds is 5. The van der Waals surface area contributed by atoms with Crippen LogP contribution < -0.4 is 10.6 Å². The van der Waals surface area contributed by atoms with Crippen molar-refractivity contribution in [3.05, 3.63) is 125 Å². The molecule has 0 spiro atoms. The van der Waals surface area contributed by atoms with Gasteiger partial charge < -0.3 is 10.6 Å². The minimum atomic E-state index is -0.288. The van der Waals surface area contributed by atoms with Crippen LogP contribution in [-0.4, -0.2) is 16.8 Å². The lowest BCUT2D eigenvalue weighted by Crippen LogP contribution is -2.15. The normalized spacial score (nSPS) is 10.7. The zero-order valence-corrected chi connectivity index (χ0v) is 20.2. The largest absolute Gasteiger partial charge is 0.322 e. The number of carbonyl (C=O) groups excluding carboxylic acids is 2. The number of halogens is 1. The van der Waals surface area contributed by atoms with E-state index in [-0.39, 0.29) is 11.8 Å². The summed E-state index contributed by atoms with van der Waals surface area (Å²) in [6.07, 6.45) is 0. The molecule has 0 saturated heterocycles. The van der Waals surface area contributed by atoms with Crippen molar-refractivity contribution in [3.63, 3.8) is 0 Å². The van der Waals surface area contributed by atoms with Gasteiger partial charge in [0.1, 0.15) is 0 Å². The van der Waals surface area contributed by atoms with Gasteiger partial charge in [-0.1, -0.05) is 66.2 Å². The molecule has 0 unspecified atom stereocenters. The SMILES string of the molecule is Cc1cccc2c(C(=O)Nc3cccc(C(=O)Nc4ccccc4)c3)cc(-c3ccc(Cl)cc3)nc12. The maximum atomic E-state index is 13.5. The van der Waals surface area contributed by atoms with Crippen LogP contribution in [-0.2, 0) is 0 Å². The summed E-state index contributed by atoms with van der Waals surface area (Å²) in [5, 5.41) is 7.19. The van der Waals surface area contributed by atoms with Gasteiger partial charge in [0, 0.05) is 32.9 Å². The summed E-state index contributed by atoms with van der Waals surface area (Å²) in [5.41, 5.74) is 5.41. The number of hydrogen-bond donors (Lipinski definition) is 2. The van der Waals surface area contributed by atoms with E-state index in [9.17, 15) is 9.59 Å². The molecule has 0 aliphatic heterocycles. The Hall–Kier alpha value is -4.48. The van der Waals surface area contributed by atoms with Gasteiger partial charge in [0.05, 0.1) is 16.8 Å². The van der Waals surface area contributed by atoms with E-state index in [2.05, 4.69) is 10.6 Å². The standard InChI is InChI=1S/C30H22ClN3O2/c1-19-7-5-12-25-26(18-27(34-28(19)25)20-13-15-22(31)16-14-20)30(36)33-24-11-6-8-21(17-24)29(35)32-23-9-3-2-4-10-23/h2-18H,1H3,(H,32,35)(H,33,36). The van der Waals surface area contributed by atoms with Crippen LogP contribution in [0.25, 0.3) is 22.2 Å². The summed E-state index contributed by atoms with van der Waals surface area (Å²) >= 11 is 6.06. The van der Waals surface area contributed by atoms with Crippen molar-refractivity contribution < 1.29 is 9.59 Å². The highest BCUT2D eigenvalue weighted by atomic mass is 35.5. The number of aromatic nitrogens is 1. The van der Waals surface area contributed by atoms with E-state index in [1.807, 2.05) is 67.6 Å². The van der Waals surface area contributed by atoms with E-state index in [0.29, 0.717) is 33.2 Å². The number of pyridine rings is 1. The first-order valence-electron chi connectivity index (χ1n) is 11.4. The second kappa shape index (κ2) is 10.0. The third-order valence-electron chi connectivity index (χ3n) is 5.84. The minimum Gasteiger partial charge on any atom is -0.322 e. The van der Waals surface area contributed by atoms with Crippen molar-refractivity contribution in [2.24, 2.45) is 0 Å². The van der Waals surface area contributed by atoms with Crippen molar-refractivity contribution in [3.8, 4) is 11.3 Å². The second-order valence-corrected chi connectivity index (χ2v) is 8.82. The topological polar surface area (TPSA) is 71.1 Å². The molecule has 2 N–H and O–H groups in total. The maximum absolute atomic E-state index is 13.5. The van der Waals surface area contributed by atoms with Crippen LogP contribution >= 0.6 is 11.6 Å². The molecule has 1 heterocycles. The molecule has 36 heavy (non-hydrogen) atoms. The Morgan fingerprint density at radius 2 is 1.42 bits per heavy atom. The van der Waals surface area contributed by atoms with E-state index >= 15 is 0 Å². The van der Waals surface area contributed by atoms with Gasteiger partial charge in [-0.3, -0.25) is 9.59 Å². The molecular weight excluding hydrogens is 470 g/mol. The third kappa shape index (κ3) is 4.97. The molecular formula is C30H22ClN3O2. The molecule has 6 heteroatoms. The summed E-state index contributed by atoms with van der Waals surface area (Å²) < 4.78 is 0. The molecule has 2 amide bonds. The molecule has 0 atom stereocenters. The average Bonchev–Trinajstić information content (AvgIpc) is 2.89. The van der Waals surface area contributed by atoms with E-state index in [1.54, 1.807) is 42.5 Å².